The van der Waals surface area contributed by atoms with Gasteiger partial charge in [0, 0.05) is 11.6 Å². The molecule has 0 fully saturated rings. The molecule has 0 bridgehead atoms. The lowest BCUT2D eigenvalue weighted by Gasteiger charge is -2.29. The molecule has 6 heteroatoms. The van der Waals surface area contributed by atoms with Crippen molar-refractivity contribution in [1.29, 1.82) is 0 Å². The van der Waals surface area contributed by atoms with Crippen LogP contribution in [0.1, 0.15) is 36.6 Å². The number of benzene rings is 2. The van der Waals surface area contributed by atoms with Crippen LogP contribution in [-0.2, 0) is 6.18 Å². The lowest BCUT2D eigenvalue weighted by molar-refractivity contribution is -0.137. The first kappa shape index (κ1) is 16.6. The average Bonchev–Trinajstić information content (AvgIpc) is 2.93. The van der Waals surface area contributed by atoms with E-state index < -0.39 is 11.7 Å². The van der Waals surface area contributed by atoms with Crippen LogP contribution in [0.2, 0.25) is 0 Å². The SMILES string of the molecule is COc1ccc(C2c3cccc(C(F)(F)F)c3NN2C(C)C)cc1. The predicted octanol–water partition coefficient (Wildman–Crippen LogP) is 4.85. The summed E-state index contributed by atoms with van der Waals surface area (Å²) in [6, 6.07) is 11.5. The zero-order valence-corrected chi connectivity index (χ0v) is 13.7. The predicted molar refractivity (Wildman–Crippen MR) is 86.9 cm³/mol. The van der Waals surface area contributed by atoms with Gasteiger partial charge in [0.1, 0.15) is 5.75 Å². The van der Waals surface area contributed by atoms with E-state index in [9.17, 15) is 13.2 Å². The molecule has 1 aliphatic heterocycles. The van der Waals surface area contributed by atoms with Crippen LogP contribution in [0.5, 0.6) is 5.75 Å². The van der Waals surface area contributed by atoms with Crippen LogP contribution in [0.25, 0.3) is 0 Å². The molecule has 0 saturated carbocycles. The van der Waals surface area contributed by atoms with Gasteiger partial charge in [0.15, 0.2) is 0 Å². The van der Waals surface area contributed by atoms with Crippen LogP contribution in [0, 0.1) is 0 Å². The Morgan fingerprint density at radius 2 is 1.75 bits per heavy atom. The Morgan fingerprint density at radius 1 is 1.08 bits per heavy atom. The summed E-state index contributed by atoms with van der Waals surface area (Å²) in [7, 11) is 1.58. The number of para-hydroxylation sites is 1. The van der Waals surface area contributed by atoms with Gasteiger partial charge in [-0.15, -0.1) is 0 Å². The first-order valence-electron chi connectivity index (χ1n) is 7.72. The zero-order chi connectivity index (χ0) is 17.5. The molecule has 1 atom stereocenters. The topological polar surface area (TPSA) is 24.5 Å². The second-order valence-corrected chi connectivity index (χ2v) is 6.06. The van der Waals surface area contributed by atoms with Crippen LogP contribution in [-0.4, -0.2) is 18.2 Å². The fraction of sp³-hybridized carbons (Fsp3) is 0.333. The highest BCUT2D eigenvalue weighted by molar-refractivity contribution is 5.64. The molecule has 1 unspecified atom stereocenters. The van der Waals surface area contributed by atoms with Crippen molar-refractivity contribution in [3.8, 4) is 5.75 Å². The Hall–Kier alpha value is -2.21. The lowest BCUT2D eigenvalue weighted by atomic mass is 9.96. The largest absolute Gasteiger partial charge is 0.497 e. The molecule has 0 aliphatic carbocycles. The van der Waals surface area contributed by atoms with Gasteiger partial charge in [-0.1, -0.05) is 24.3 Å². The third-order valence-electron chi connectivity index (χ3n) is 4.20. The van der Waals surface area contributed by atoms with Gasteiger partial charge in [-0.05, 0) is 37.6 Å². The maximum atomic E-state index is 13.3. The second kappa shape index (κ2) is 6.02. The number of alkyl halides is 3. The van der Waals surface area contributed by atoms with Crippen molar-refractivity contribution in [2.45, 2.75) is 32.1 Å². The van der Waals surface area contributed by atoms with E-state index in [1.165, 1.54) is 6.07 Å². The Morgan fingerprint density at radius 3 is 2.29 bits per heavy atom. The molecule has 0 aromatic heterocycles. The van der Waals surface area contributed by atoms with Crippen molar-refractivity contribution >= 4 is 5.69 Å². The number of nitrogens with one attached hydrogen (secondary N) is 1. The average molecular weight is 336 g/mol. The van der Waals surface area contributed by atoms with Crippen molar-refractivity contribution in [3.63, 3.8) is 0 Å². The standard InChI is InChI=1S/C18H19F3N2O/c1-11(2)23-17(12-7-9-13(24-3)10-8-12)14-5-4-6-15(16(14)22-23)18(19,20)21/h4-11,17,22H,1-3H3. The lowest BCUT2D eigenvalue weighted by Crippen LogP contribution is -2.35. The van der Waals surface area contributed by atoms with Gasteiger partial charge in [-0.25, -0.2) is 5.01 Å². The first-order chi connectivity index (χ1) is 11.3. The number of halogens is 3. The van der Waals surface area contributed by atoms with E-state index in [-0.39, 0.29) is 17.8 Å². The highest BCUT2D eigenvalue weighted by Crippen LogP contribution is 2.46. The zero-order valence-electron chi connectivity index (χ0n) is 13.7. The van der Waals surface area contributed by atoms with E-state index in [1.807, 2.05) is 43.1 Å². The molecule has 2 aromatic rings. The summed E-state index contributed by atoms with van der Waals surface area (Å²) in [6.45, 7) is 3.89. The molecule has 1 N–H and O–H groups in total. The summed E-state index contributed by atoms with van der Waals surface area (Å²) < 4.78 is 45.1. The maximum Gasteiger partial charge on any atom is 0.418 e. The van der Waals surface area contributed by atoms with Crippen LogP contribution in [0.3, 0.4) is 0 Å². The summed E-state index contributed by atoms with van der Waals surface area (Å²) in [6.07, 6.45) is -4.39. The van der Waals surface area contributed by atoms with Crippen molar-refractivity contribution < 1.29 is 17.9 Å². The molecule has 1 heterocycles. The van der Waals surface area contributed by atoms with E-state index >= 15 is 0 Å². The second-order valence-electron chi connectivity index (χ2n) is 6.06. The monoisotopic (exact) mass is 336 g/mol. The summed E-state index contributed by atoms with van der Waals surface area (Å²) in [5.74, 6) is 0.713. The van der Waals surface area contributed by atoms with Crippen molar-refractivity contribution in [2.75, 3.05) is 12.5 Å². The van der Waals surface area contributed by atoms with Gasteiger partial charge in [-0.3, -0.25) is 0 Å². The number of hydrazine groups is 1. The Bertz CT molecular complexity index is 726. The van der Waals surface area contributed by atoms with Gasteiger partial charge in [0.25, 0.3) is 0 Å². The minimum absolute atomic E-state index is 0.0191. The van der Waals surface area contributed by atoms with E-state index in [1.54, 1.807) is 13.2 Å². The Kier molecular flexibility index (Phi) is 4.17. The quantitative estimate of drug-likeness (QED) is 0.867. The summed E-state index contributed by atoms with van der Waals surface area (Å²) in [4.78, 5) is 0. The van der Waals surface area contributed by atoms with Gasteiger partial charge in [0.05, 0.1) is 24.4 Å². The molecule has 3 rings (SSSR count). The molecule has 0 spiro atoms. The van der Waals surface area contributed by atoms with Crippen molar-refractivity contribution in [1.82, 2.24) is 5.01 Å². The normalized spacial score (nSPS) is 17.7. The number of hydrogen-bond donors (Lipinski definition) is 1. The molecular weight excluding hydrogens is 317 g/mol. The Balaban J connectivity index is 2.11. The van der Waals surface area contributed by atoms with E-state index in [0.717, 1.165) is 11.6 Å². The molecule has 3 nitrogen and oxygen atoms in total. The molecule has 128 valence electrons. The number of anilines is 1. The summed E-state index contributed by atoms with van der Waals surface area (Å²) in [5.41, 5.74) is 4.01. The van der Waals surface area contributed by atoms with Gasteiger partial charge in [0.2, 0.25) is 0 Å². The van der Waals surface area contributed by atoms with Crippen molar-refractivity contribution in [2.24, 2.45) is 0 Å². The molecule has 0 radical (unpaired) electrons. The highest BCUT2D eigenvalue weighted by atomic mass is 19.4. The number of nitrogens with zero attached hydrogens (tertiary/aromatic N) is 1. The molecule has 1 aliphatic rings. The summed E-state index contributed by atoms with van der Waals surface area (Å²) >= 11 is 0. The smallest absolute Gasteiger partial charge is 0.418 e. The minimum atomic E-state index is -4.39. The number of rotatable bonds is 3. The minimum Gasteiger partial charge on any atom is -0.497 e. The number of ether oxygens (including phenoxy) is 1. The van der Waals surface area contributed by atoms with Crippen LogP contribution < -0.4 is 10.2 Å². The molecule has 0 amide bonds. The van der Waals surface area contributed by atoms with Crippen LogP contribution >= 0.6 is 0 Å². The van der Waals surface area contributed by atoms with E-state index in [0.29, 0.717) is 11.3 Å². The summed E-state index contributed by atoms with van der Waals surface area (Å²) in [5, 5.41) is 1.85. The fourth-order valence-corrected chi connectivity index (χ4v) is 3.06. The number of fused-ring (bicyclic) bond motifs is 1. The molecule has 2 aromatic carbocycles. The van der Waals surface area contributed by atoms with Gasteiger partial charge < -0.3 is 10.2 Å². The van der Waals surface area contributed by atoms with E-state index in [4.69, 9.17) is 4.74 Å². The van der Waals surface area contributed by atoms with Gasteiger partial charge in [-0.2, -0.15) is 13.2 Å². The maximum absolute atomic E-state index is 13.3. The third kappa shape index (κ3) is 2.82. The third-order valence-corrected chi connectivity index (χ3v) is 4.20. The van der Waals surface area contributed by atoms with Gasteiger partial charge >= 0.3 is 6.18 Å². The van der Waals surface area contributed by atoms with Crippen molar-refractivity contribution in [3.05, 3.63) is 59.2 Å². The molecule has 24 heavy (non-hydrogen) atoms. The fourth-order valence-electron chi connectivity index (χ4n) is 3.06. The Labute approximate surface area is 139 Å². The number of methoxy groups -OCH3 is 1. The first-order valence-corrected chi connectivity index (χ1v) is 7.72. The van der Waals surface area contributed by atoms with Crippen LogP contribution in [0.4, 0.5) is 18.9 Å². The van der Waals surface area contributed by atoms with Crippen LogP contribution in [0.15, 0.2) is 42.5 Å². The number of hydrogen-bond acceptors (Lipinski definition) is 3. The molecular formula is C18H19F3N2O. The van der Waals surface area contributed by atoms with E-state index in [2.05, 4.69) is 5.43 Å². The molecule has 0 saturated heterocycles. The highest BCUT2D eigenvalue weighted by Gasteiger charge is 2.41.